The monoisotopic (exact) mass is 277 g/mol. The fraction of sp³-hybridized carbons (Fsp3) is 0. The Bertz CT molecular complexity index is 860. The number of aromatic nitrogens is 1. The highest BCUT2D eigenvalue weighted by atomic mass is 14.7. The zero-order valence-electron chi connectivity index (χ0n) is 11.3. The molecule has 2 aromatic carbocycles. The molecule has 3 rings (SSSR count). The van der Waals surface area contributed by atoms with Crippen molar-refractivity contribution >= 4 is 22.6 Å². The first-order valence-electron chi connectivity index (χ1n) is 6.46. The first kappa shape index (κ1) is 12.9. The van der Waals surface area contributed by atoms with E-state index in [1.54, 1.807) is 12.1 Å². The van der Waals surface area contributed by atoms with Crippen molar-refractivity contribution in [2.75, 3.05) is 0 Å². The molecule has 7 N–H and O–H groups in total. The summed E-state index contributed by atoms with van der Waals surface area (Å²) in [6.07, 6.45) is 1.89. The fourth-order valence-corrected chi connectivity index (χ4v) is 2.40. The minimum Gasteiger partial charge on any atom is -0.384 e. The topological polar surface area (TPSA) is 116 Å². The van der Waals surface area contributed by atoms with Gasteiger partial charge in [-0.15, -0.1) is 0 Å². The molecule has 0 atom stereocenters. The number of fused-ring (bicyclic) bond motifs is 1. The van der Waals surface area contributed by atoms with Gasteiger partial charge in [0.15, 0.2) is 0 Å². The van der Waals surface area contributed by atoms with Gasteiger partial charge in [0.1, 0.15) is 11.7 Å². The molecule has 1 heterocycles. The summed E-state index contributed by atoms with van der Waals surface area (Å²) in [7, 11) is 0. The summed E-state index contributed by atoms with van der Waals surface area (Å²) in [5, 5.41) is 16.4. The van der Waals surface area contributed by atoms with E-state index < -0.39 is 0 Å². The van der Waals surface area contributed by atoms with E-state index in [-0.39, 0.29) is 11.7 Å². The predicted molar refractivity (Wildman–Crippen MR) is 85.8 cm³/mol. The highest BCUT2D eigenvalue weighted by molar-refractivity contribution is 6.05. The second kappa shape index (κ2) is 4.79. The number of H-pyrrole nitrogens is 1. The van der Waals surface area contributed by atoms with Crippen LogP contribution in [0.15, 0.2) is 48.7 Å². The molecule has 0 aliphatic rings. The average molecular weight is 277 g/mol. The summed E-state index contributed by atoms with van der Waals surface area (Å²) in [4.78, 5) is 3.17. The molecule has 0 unspecified atom stereocenters. The first-order valence-corrected chi connectivity index (χ1v) is 6.46. The second-order valence-electron chi connectivity index (χ2n) is 4.87. The third kappa shape index (κ3) is 2.25. The number of nitrogens with two attached hydrogens (primary N) is 2. The number of nitrogens with one attached hydrogen (secondary N) is 3. The smallest absolute Gasteiger partial charge is 0.123 e. The van der Waals surface area contributed by atoms with Gasteiger partial charge in [-0.3, -0.25) is 10.8 Å². The molecule has 5 nitrogen and oxygen atoms in total. The van der Waals surface area contributed by atoms with Crippen LogP contribution in [0.4, 0.5) is 0 Å². The van der Waals surface area contributed by atoms with Crippen molar-refractivity contribution in [3.8, 4) is 11.1 Å². The molecule has 5 heteroatoms. The van der Waals surface area contributed by atoms with E-state index in [2.05, 4.69) is 4.98 Å². The Morgan fingerprint density at radius 2 is 1.71 bits per heavy atom. The zero-order valence-corrected chi connectivity index (χ0v) is 11.3. The maximum absolute atomic E-state index is 7.75. The first-order chi connectivity index (χ1) is 10.1. The highest BCUT2D eigenvalue weighted by Gasteiger charge is 2.11. The van der Waals surface area contributed by atoms with Gasteiger partial charge in [-0.2, -0.15) is 0 Å². The van der Waals surface area contributed by atoms with Gasteiger partial charge in [0.05, 0.1) is 0 Å². The Balaban J connectivity index is 2.20. The molecule has 0 amide bonds. The van der Waals surface area contributed by atoms with E-state index in [1.807, 2.05) is 36.5 Å². The van der Waals surface area contributed by atoms with Crippen LogP contribution in [-0.4, -0.2) is 16.7 Å². The summed E-state index contributed by atoms with van der Waals surface area (Å²) in [5.41, 5.74) is 15.2. The molecule has 0 saturated heterocycles. The zero-order chi connectivity index (χ0) is 15.0. The van der Waals surface area contributed by atoms with Crippen molar-refractivity contribution in [1.29, 1.82) is 10.8 Å². The lowest BCUT2D eigenvalue weighted by Crippen LogP contribution is -2.16. The van der Waals surface area contributed by atoms with Crippen LogP contribution in [0.1, 0.15) is 11.1 Å². The van der Waals surface area contributed by atoms with Gasteiger partial charge < -0.3 is 16.5 Å². The van der Waals surface area contributed by atoms with Crippen molar-refractivity contribution in [2.45, 2.75) is 0 Å². The van der Waals surface area contributed by atoms with Crippen LogP contribution >= 0.6 is 0 Å². The molecule has 0 aliphatic heterocycles. The summed E-state index contributed by atoms with van der Waals surface area (Å²) in [6.45, 7) is 0. The Hall–Kier alpha value is -3.08. The van der Waals surface area contributed by atoms with Crippen molar-refractivity contribution in [3.63, 3.8) is 0 Å². The van der Waals surface area contributed by atoms with Gasteiger partial charge in [-0.25, -0.2) is 0 Å². The van der Waals surface area contributed by atoms with Gasteiger partial charge >= 0.3 is 0 Å². The van der Waals surface area contributed by atoms with Gasteiger partial charge in [0, 0.05) is 22.8 Å². The van der Waals surface area contributed by atoms with Gasteiger partial charge in [-0.05, 0) is 34.7 Å². The van der Waals surface area contributed by atoms with E-state index >= 15 is 0 Å². The lowest BCUT2D eigenvalue weighted by atomic mass is 9.96. The minimum atomic E-state index is -0.0420. The molecule has 21 heavy (non-hydrogen) atoms. The van der Waals surface area contributed by atoms with E-state index in [0.717, 1.165) is 22.0 Å². The minimum absolute atomic E-state index is 0.0381. The molecule has 0 bridgehead atoms. The molecule has 0 fully saturated rings. The molecule has 3 aromatic rings. The van der Waals surface area contributed by atoms with Crippen molar-refractivity contribution in [3.05, 3.63) is 59.8 Å². The Morgan fingerprint density at radius 1 is 0.905 bits per heavy atom. The number of amidine groups is 2. The maximum Gasteiger partial charge on any atom is 0.123 e. The summed E-state index contributed by atoms with van der Waals surface area (Å²) in [5.74, 6) is -0.0800. The van der Waals surface area contributed by atoms with Gasteiger partial charge in [-0.1, -0.05) is 24.3 Å². The summed E-state index contributed by atoms with van der Waals surface area (Å²) < 4.78 is 0. The normalized spacial score (nSPS) is 10.7. The lowest BCUT2D eigenvalue weighted by molar-refractivity contribution is 1.39. The Morgan fingerprint density at radius 3 is 2.43 bits per heavy atom. The van der Waals surface area contributed by atoms with Crippen LogP contribution in [0.25, 0.3) is 22.0 Å². The molecule has 1 aromatic heterocycles. The Kier molecular flexibility index (Phi) is 2.95. The SMILES string of the molecule is N=C(N)c1ccc(-c2ccc3cc[nH]c3c2)c(C(=N)N)c1. The quantitative estimate of drug-likeness (QED) is 0.373. The van der Waals surface area contributed by atoms with Crippen molar-refractivity contribution in [1.82, 2.24) is 4.98 Å². The predicted octanol–water partition coefficient (Wildman–Crippen LogP) is 2.40. The van der Waals surface area contributed by atoms with Crippen LogP contribution in [0.5, 0.6) is 0 Å². The number of nitrogen functional groups attached to an aromatic ring is 2. The molecular formula is C16H15N5. The standard InChI is InChI=1S/C16H15N5/c17-15(18)11-3-4-12(13(7-11)16(19)20)10-2-1-9-5-6-21-14(9)8-10/h1-8,21H,(H3,17,18)(H3,19,20). The third-order valence-corrected chi connectivity index (χ3v) is 3.49. The number of rotatable bonds is 3. The number of aromatic amines is 1. The van der Waals surface area contributed by atoms with E-state index in [4.69, 9.17) is 22.3 Å². The van der Waals surface area contributed by atoms with E-state index in [0.29, 0.717) is 11.1 Å². The van der Waals surface area contributed by atoms with Crippen LogP contribution < -0.4 is 11.5 Å². The summed E-state index contributed by atoms with van der Waals surface area (Å²) in [6, 6.07) is 13.3. The van der Waals surface area contributed by atoms with Crippen LogP contribution in [-0.2, 0) is 0 Å². The highest BCUT2D eigenvalue weighted by Crippen LogP contribution is 2.27. The lowest BCUT2D eigenvalue weighted by Gasteiger charge is -2.11. The Labute approximate surface area is 121 Å². The van der Waals surface area contributed by atoms with E-state index in [9.17, 15) is 0 Å². The molecule has 0 spiro atoms. The van der Waals surface area contributed by atoms with E-state index in [1.165, 1.54) is 0 Å². The molecular weight excluding hydrogens is 262 g/mol. The van der Waals surface area contributed by atoms with Crippen LogP contribution in [0.2, 0.25) is 0 Å². The van der Waals surface area contributed by atoms with Crippen LogP contribution in [0, 0.1) is 10.8 Å². The molecule has 0 radical (unpaired) electrons. The number of hydrogen-bond donors (Lipinski definition) is 5. The van der Waals surface area contributed by atoms with Crippen molar-refractivity contribution < 1.29 is 0 Å². The fourth-order valence-electron chi connectivity index (χ4n) is 2.40. The average Bonchev–Trinajstić information content (AvgIpc) is 2.93. The molecule has 0 aliphatic carbocycles. The van der Waals surface area contributed by atoms with Crippen LogP contribution in [0.3, 0.4) is 0 Å². The second-order valence-corrected chi connectivity index (χ2v) is 4.87. The summed E-state index contributed by atoms with van der Waals surface area (Å²) >= 11 is 0. The third-order valence-electron chi connectivity index (χ3n) is 3.49. The number of hydrogen-bond acceptors (Lipinski definition) is 2. The number of benzene rings is 2. The van der Waals surface area contributed by atoms with Gasteiger partial charge in [0.25, 0.3) is 0 Å². The maximum atomic E-state index is 7.75. The molecule has 104 valence electrons. The largest absolute Gasteiger partial charge is 0.384 e. The van der Waals surface area contributed by atoms with Crippen molar-refractivity contribution in [2.24, 2.45) is 11.5 Å². The molecule has 0 saturated carbocycles. The van der Waals surface area contributed by atoms with Gasteiger partial charge in [0.2, 0.25) is 0 Å².